The van der Waals surface area contributed by atoms with Gasteiger partial charge in [-0.05, 0) is 55.8 Å². The second-order valence-electron chi connectivity index (χ2n) is 6.52. The maximum absolute atomic E-state index is 12.3. The highest BCUT2D eigenvalue weighted by Crippen LogP contribution is 2.24. The molecule has 31 heavy (non-hydrogen) atoms. The van der Waals surface area contributed by atoms with Crippen LogP contribution in [0.2, 0.25) is 5.02 Å². The fourth-order valence-electron chi connectivity index (χ4n) is 2.59. The van der Waals surface area contributed by atoms with Crippen molar-refractivity contribution < 1.29 is 14.3 Å². The van der Waals surface area contributed by atoms with E-state index in [1.807, 2.05) is 32.0 Å². The summed E-state index contributed by atoms with van der Waals surface area (Å²) in [5.74, 6) is 0.340. The standard InChI is InChI=1S/C21H22ClN5O3S/c1-3-23-19(28)11-30-17-8-5-15(6-9-17)25-20(29)12-31-21-26-24-13-27(21)16-7-4-14(2)18(22)10-16/h4-10,13H,3,11-12H2,1-2H3,(H,23,28)(H,25,29). The van der Waals surface area contributed by atoms with Crippen LogP contribution in [-0.2, 0) is 9.59 Å². The van der Waals surface area contributed by atoms with Gasteiger partial charge in [0.1, 0.15) is 12.1 Å². The number of nitrogens with zero attached hydrogens (tertiary/aromatic N) is 3. The zero-order valence-corrected chi connectivity index (χ0v) is 18.7. The third-order valence-electron chi connectivity index (χ3n) is 4.16. The van der Waals surface area contributed by atoms with E-state index in [1.54, 1.807) is 35.2 Å². The molecule has 0 saturated carbocycles. The van der Waals surface area contributed by atoms with E-state index in [9.17, 15) is 9.59 Å². The molecule has 10 heteroatoms. The average Bonchev–Trinajstić information content (AvgIpc) is 3.23. The van der Waals surface area contributed by atoms with Gasteiger partial charge in [-0.3, -0.25) is 14.2 Å². The largest absolute Gasteiger partial charge is 0.484 e. The molecule has 0 atom stereocenters. The van der Waals surface area contributed by atoms with Crippen molar-refractivity contribution in [1.82, 2.24) is 20.1 Å². The Balaban J connectivity index is 1.52. The summed E-state index contributed by atoms with van der Waals surface area (Å²) in [5, 5.41) is 14.7. The molecule has 0 spiro atoms. The lowest BCUT2D eigenvalue weighted by atomic mass is 10.2. The number of anilines is 1. The Bertz CT molecular complexity index is 1060. The molecule has 2 amide bonds. The van der Waals surface area contributed by atoms with E-state index in [2.05, 4.69) is 20.8 Å². The molecule has 0 aliphatic rings. The first kappa shape index (κ1) is 22.6. The Morgan fingerprint density at radius 3 is 2.65 bits per heavy atom. The van der Waals surface area contributed by atoms with Gasteiger partial charge >= 0.3 is 0 Å². The van der Waals surface area contributed by atoms with E-state index in [0.717, 1.165) is 11.3 Å². The highest BCUT2D eigenvalue weighted by atomic mass is 35.5. The average molecular weight is 460 g/mol. The SMILES string of the molecule is CCNC(=O)COc1ccc(NC(=O)CSc2nncn2-c2ccc(C)c(Cl)c2)cc1. The maximum atomic E-state index is 12.3. The summed E-state index contributed by atoms with van der Waals surface area (Å²) < 4.78 is 7.17. The zero-order valence-electron chi connectivity index (χ0n) is 17.1. The number of benzene rings is 2. The summed E-state index contributed by atoms with van der Waals surface area (Å²) >= 11 is 7.48. The van der Waals surface area contributed by atoms with Crippen molar-refractivity contribution in [2.24, 2.45) is 0 Å². The molecule has 0 unspecified atom stereocenters. The van der Waals surface area contributed by atoms with Crippen LogP contribution in [0, 0.1) is 6.92 Å². The number of aryl methyl sites for hydroxylation is 1. The minimum Gasteiger partial charge on any atom is -0.484 e. The smallest absolute Gasteiger partial charge is 0.257 e. The molecule has 0 aliphatic heterocycles. The first-order valence-corrected chi connectivity index (χ1v) is 10.9. The van der Waals surface area contributed by atoms with E-state index in [1.165, 1.54) is 11.8 Å². The Hall–Kier alpha value is -3.04. The minimum atomic E-state index is -0.183. The zero-order chi connectivity index (χ0) is 22.2. The number of rotatable bonds is 9. The third kappa shape index (κ3) is 6.47. The molecule has 1 heterocycles. The van der Waals surface area contributed by atoms with Crippen LogP contribution in [0.15, 0.2) is 53.9 Å². The van der Waals surface area contributed by atoms with Crippen LogP contribution in [0.4, 0.5) is 5.69 Å². The summed E-state index contributed by atoms with van der Waals surface area (Å²) in [7, 11) is 0. The molecule has 3 rings (SSSR count). The van der Waals surface area contributed by atoms with Gasteiger partial charge in [-0.15, -0.1) is 10.2 Å². The van der Waals surface area contributed by atoms with Crippen LogP contribution >= 0.6 is 23.4 Å². The molecule has 0 aliphatic carbocycles. The van der Waals surface area contributed by atoms with Gasteiger partial charge in [0.05, 0.1) is 11.4 Å². The van der Waals surface area contributed by atoms with Gasteiger partial charge < -0.3 is 15.4 Å². The summed E-state index contributed by atoms with van der Waals surface area (Å²) in [6.07, 6.45) is 1.58. The number of carbonyl (C=O) groups excluding carboxylic acids is 2. The van der Waals surface area contributed by atoms with Gasteiger partial charge in [-0.1, -0.05) is 29.4 Å². The predicted molar refractivity (Wildman–Crippen MR) is 121 cm³/mol. The predicted octanol–water partition coefficient (Wildman–Crippen LogP) is 3.47. The number of aromatic nitrogens is 3. The number of hydrogen-bond donors (Lipinski definition) is 2. The van der Waals surface area contributed by atoms with Crippen molar-refractivity contribution in [2.45, 2.75) is 19.0 Å². The first-order valence-electron chi connectivity index (χ1n) is 9.55. The Labute approximate surface area is 189 Å². The molecule has 2 N–H and O–H groups in total. The Kier molecular flexibility index (Phi) is 7.91. The van der Waals surface area contributed by atoms with Crippen molar-refractivity contribution in [3.05, 3.63) is 59.4 Å². The summed E-state index contributed by atoms with van der Waals surface area (Å²) in [4.78, 5) is 23.8. The molecular weight excluding hydrogens is 438 g/mol. The van der Waals surface area contributed by atoms with Crippen molar-refractivity contribution in [3.63, 3.8) is 0 Å². The third-order valence-corrected chi connectivity index (χ3v) is 5.51. The number of amides is 2. The van der Waals surface area contributed by atoms with Crippen LogP contribution in [0.5, 0.6) is 5.75 Å². The highest BCUT2D eigenvalue weighted by molar-refractivity contribution is 7.99. The lowest BCUT2D eigenvalue weighted by molar-refractivity contribution is -0.123. The Morgan fingerprint density at radius 2 is 1.94 bits per heavy atom. The van der Waals surface area contributed by atoms with Crippen LogP contribution < -0.4 is 15.4 Å². The number of nitrogens with one attached hydrogen (secondary N) is 2. The van der Waals surface area contributed by atoms with Crippen LogP contribution in [-0.4, -0.2) is 45.5 Å². The number of ether oxygens (including phenoxy) is 1. The highest BCUT2D eigenvalue weighted by Gasteiger charge is 2.11. The molecule has 3 aromatic rings. The number of hydrogen-bond acceptors (Lipinski definition) is 6. The second kappa shape index (κ2) is 10.8. The number of thioether (sulfide) groups is 1. The molecule has 162 valence electrons. The van der Waals surface area contributed by atoms with Gasteiger partial charge in [-0.25, -0.2) is 0 Å². The maximum Gasteiger partial charge on any atom is 0.257 e. The van der Waals surface area contributed by atoms with Crippen molar-refractivity contribution in [1.29, 1.82) is 0 Å². The van der Waals surface area contributed by atoms with E-state index >= 15 is 0 Å². The van der Waals surface area contributed by atoms with E-state index in [4.69, 9.17) is 16.3 Å². The summed E-state index contributed by atoms with van der Waals surface area (Å²) in [5.41, 5.74) is 2.43. The minimum absolute atomic E-state index is 0.0525. The lowest BCUT2D eigenvalue weighted by Crippen LogP contribution is -2.28. The number of likely N-dealkylation sites (N-methyl/N-ethyl adjacent to an activating group) is 1. The van der Waals surface area contributed by atoms with Gasteiger partial charge in [0, 0.05) is 17.3 Å². The van der Waals surface area contributed by atoms with Crippen molar-refractivity contribution in [2.75, 3.05) is 24.2 Å². The monoisotopic (exact) mass is 459 g/mol. The molecule has 8 nitrogen and oxygen atoms in total. The van der Waals surface area contributed by atoms with Crippen LogP contribution in [0.1, 0.15) is 12.5 Å². The molecule has 0 saturated heterocycles. The lowest BCUT2D eigenvalue weighted by Gasteiger charge is -2.09. The molecule has 0 bridgehead atoms. The number of carbonyl (C=O) groups is 2. The molecule has 1 aromatic heterocycles. The molecule has 0 radical (unpaired) electrons. The van der Waals surface area contributed by atoms with Gasteiger partial charge in [0.15, 0.2) is 11.8 Å². The second-order valence-corrected chi connectivity index (χ2v) is 7.87. The number of halogens is 1. The normalized spacial score (nSPS) is 10.5. The van der Waals surface area contributed by atoms with Gasteiger partial charge in [-0.2, -0.15) is 0 Å². The molecule has 0 fully saturated rings. The van der Waals surface area contributed by atoms with Gasteiger partial charge in [0.2, 0.25) is 5.91 Å². The van der Waals surface area contributed by atoms with E-state index < -0.39 is 0 Å². The molecular formula is C21H22ClN5O3S. The van der Waals surface area contributed by atoms with E-state index in [0.29, 0.717) is 28.2 Å². The van der Waals surface area contributed by atoms with Crippen molar-refractivity contribution >= 4 is 40.9 Å². The topological polar surface area (TPSA) is 98.1 Å². The van der Waals surface area contributed by atoms with Crippen LogP contribution in [0.25, 0.3) is 5.69 Å². The van der Waals surface area contributed by atoms with E-state index in [-0.39, 0.29) is 24.2 Å². The fraction of sp³-hybridized carbons (Fsp3) is 0.238. The fourth-order valence-corrected chi connectivity index (χ4v) is 3.49. The molecule has 2 aromatic carbocycles. The quantitative estimate of drug-likeness (QED) is 0.475. The first-order chi connectivity index (χ1) is 15.0. The summed E-state index contributed by atoms with van der Waals surface area (Å²) in [6.45, 7) is 4.28. The van der Waals surface area contributed by atoms with Gasteiger partial charge in [0.25, 0.3) is 5.91 Å². The summed E-state index contributed by atoms with van der Waals surface area (Å²) in [6, 6.07) is 12.5. The van der Waals surface area contributed by atoms with Crippen molar-refractivity contribution in [3.8, 4) is 11.4 Å². The van der Waals surface area contributed by atoms with Crippen LogP contribution in [0.3, 0.4) is 0 Å². The Morgan fingerprint density at radius 1 is 1.16 bits per heavy atom.